The van der Waals surface area contributed by atoms with Crippen molar-refractivity contribution in [1.82, 2.24) is 20.1 Å². The van der Waals surface area contributed by atoms with Crippen molar-refractivity contribution in [2.24, 2.45) is 0 Å². The van der Waals surface area contributed by atoms with E-state index in [2.05, 4.69) is 26.7 Å². The van der Waals surface area contributed by atoms with Gasteiger partial charge in [-0.3, -0.25) is 4.79 Å². The highest BCUT2D eigenvalue weighted by atomic mass is 16.1. The van der Waals surface area contributed by atoms with E-state index >= 15 is 0 Å². The van der Waals surface area contributed by atoms with Gasteiger partial charge in [-0.05, 0) is 38.2 Å². The van der Waals surface area contributed by atoms with Crippen molar-refractivity contribution in [3.63, 3.8) is 0 Å². The molecular formula is C13H18N4O. The van der Waals surface area contributed by atoms with Crippen LogP contribution in [-0.2, 0) is 23.3 Å². The smallest absolute Gasteiger partial charge is 0.244 e. The molecule has 0 spiro atoms. The first-order valence-electron chi connectivity index (χ1n) is 6.62. The number of aryl methyl sites for hydroxylation is 1. The third-order valence-electron chi connectivity index (χ3n) is 4.04. The molecule has 0 bridgehead atoms. The summed E-state index contributed by atoms with van der Waals surface area (Å²) < 4.78 is 2.20. The van der Waals surface area contributed by atoms with Gasteiger partial charge in [-0.1, -0.05) is 6.58 Å². The van der Waals surface area contributed by atoms with Crippen LogP contribution in [0.25, 0.3) is 0 Å². The van der Waals surface area contributed by atoms with Crippen molar-refractivity contribution in [2.75, 3.05) is 0 Å². The highest BCUT2D eigenvalue weighted by Crippen LogP contribution is 2.41. The molecule has 1 N–H and O–H groups in total. The lowest BCUT2D eigenvalue weighted by molar-refractivity contribution is -0.119. The second kappa shape index (κ2) is 4.23. The summed E-state index contributed by atoms with van der Waals surface area (Å²) in [6, 6.07) is 0. The highest BCUT2D eigenvalue weighted by Gasteiger charge is 2.44. The molecule has 2 heterocycles. The molecule has 5 nitrogen and oxygen atoms in total. The number of nitrogens with one attached hydrogen (secondary N) is 1. The van der Waals surface area contributed by atoms with E-state index in [0.717, 1.165) is 43.9 Å². The number of carbonyl (C=O) groups is 1. The summed E-state index contributed by atoms with van der Waals surface area (Å²) in [6.07, 6.45) is 7.70. The minimum Gasteiger partial charge on any atom is -0.340 e. The van der Waals surface area contributed by atoms with Crippen LogP contribution in [0.4, 0.5) is 0 Å². The Kier molecular flexibility index (Phi) is 2.69. The lowest BCUT2D eigenvalue weighted by Gasteiger charge is -2.41. The molecule has 5 heteroatoms. The van der Waals surface area contributed by atoms with E-state index in [1.807, 2.05) is 0 Å². The molecule has 3 rings (SSSR count). The van der Waals surface area contributed by atoms with Crippen molar-refractivity contribution in [2.45, 2.75) is 50.6 Å². The monoisotopic (exact) mass is 246 g/mol. The first kappa shape index (κ1) is 11.4. The first-order valence-corrected chi connectivity index (χ1v) is 6.62. The number of amides is 1. The molecule has 1 amide bonds. The topological polar surface area (TPSA) is 59.8 Å². The fraction of sp³-hybridized carbons (Fsp3) is 0.615. The van der Waals surface area contributed by atoms with Gasteiger partial charge < -0.3 is 9.88 Å². The number of hydrogen-bond acceptors (Lipinski definition) is 3. The number of aromatic nitrogens is 3. The largest absolute Gasteiger partial charge is 0.340 e. The van der Waals surface area contributed by atoms with E-state index in [0.29, 0.717) is 0 Å². The van der Waals surface area contributed by atoms with Crippen molar-refractivity contribution in [3.05, 3.63) is 24.3 Å². The third-order valence-corrected chi connectivity index (χ3v) is 4.04. The maximum atomic E-state index is 11.6. The van der Waals surface area contributed by atoms with Crippen LogP contribution in [0.3, 0.4) is 0 Å². The van der Waals surface area contributed by atoms with Gasteiger partial charge >= 0.3 is 0 Å². The highest BCUT2D eigenvalue weighted by molar-refractivity contribution is 5.87. The molecule has 1 aromatic rings. The molecule has 1 aliphatic carbocycles. The second-order valence-electron chi connectivity index (χ2n) is 5.18. The molecule has 2 aliphatic rings. The summed E-state index contributed by atoms with van der Waals surface area (Å²) in [5, 5.41) is 11.7. The molecule has 0 unspecified atom stereocenters. The number of rotatable bonds is 3. The fourth-order valence-corrected chi connectivity index (χ4v) is 2.88. The summed E-state index contributed by atoms with van der Waals surface area (Å²) in [6.45, 7) is 4.49. The molecule has 1 saturated carbocycles. The van der Waals surface area contributed by atoms with Crippen LogP contribution < -0.4 is 5.32 Å². The summed E-state index contributed by atoms with van der Waals surface area (Å²) in [4.78, 5) is 11.6. The maximum Gasteiger partial charge on any atom is 0.244 e. The van der Waals surface area contributed by atoms with E-state index in [1.165, 1.54) is 18.9 Å². The molecule has 0 atom stereocenters. The third kappa shape index (κ3) is 1.65. The van der Waals surface area contributed by atoms with Crippen LogP contribution in [-0.4, -0.2) is 20.7 Å². The van der Waals surface area contributed by atoms with Crippen LogP contribution >= 0.6 is 0 Å². The molecule has 1 aliphatic heterocycles. The van der Waals surface area contributed by atoms with Crippen LogP contribution in [0.2, 0.25) is 0 Å². The van der Waals surface area contributed by atoms with Crippen LogP contribution in [0.15, 0.2) is 12.7 Å². The summed E-state index contributed by atoms with van der Waals surface area (Å²) in [5.41, 5.74) is -0.298. The van der Waals surface area contributed by atoms with Gasteiger partial charge in [0.15, 0.2) is 5.82 Å². The van der Waals surface area contributed by atoms with Gasteiger partial charge in [0.05, 0.1) is 0 Å². The first-order chi connectivity index (χ1) is 8.75. The molecule has 0 radical (unpaired) electrons. The zero-order chi connectivity index (χ0) is 12.6. The molecule has 1 fully saturated rings. The Balaban J connectivity index is 1.94. The summed E-state index contributed by atoms with van der Waals surface area (Å²) >= 11 is 0. The average Bonchev–Trinajstić information content (AvgIpc) is 2.78. The molecule has 18 heavy (non-hydrogen) atoms. The Labute approximate surface area is 106 Å². The summed E-state index contributed by atoms with van der Waals surface area (Å²) in [7, 11) is 0. The molecule has 0 saturated heterocycles. The van der Waals surface area contributed by atoms with E-state index < -0.39 is 0 Å². The fourth-order valence-electron chi connectivity index (χ4n) is 2.88. The number of nitrogens with zero attached hydrogens (tertiary/aromatic N) is 3. The van der Waals surface area contributed by atoms with E-state index in [4.69, 9.17) is 0 Å². The quantitative estimate of drug-likeness (QED) is 0.818. The van der Waals surface area contributed by atoms with Crippen LogP contribution in [0.1, 0.15) is 43.8 Å². The van der Waals surface area contributed by atoms with Gasteiger partial charge in [-0.25, -0.2) is 0 Å². The molecule has 1 aromatic heterocycles. The van der Waals surface area contributed by atoms with Gasteiger partial charge in [0, 0.05) is 13.0 Å². The lowest BCUT2D eigenvalue weighted by Crippen LogP contribution is -2.52. The van der Waals surface area contributed by atoms with Crippen LogP contribution in [0, 0.1) is 0 Å². The minimum absolute atomic E-state index is 0.122. The molecule has 96 valence electrons. The number of carbonyl (C=O) groups excluding carboxylic acids is 1. The molecular weight excluding hydrogens is 228 g/mol. The SMILES string of the molecule is C=CC(=O)NC1(c2nnc3n2CCCC3)CCC1. The minimum atomic E-state index is -0.298. The number of fused-ring (bicyclic) bond motifs is 1. The van der Waals surface area contributed by atoms with Crippen molar-refractivity contribution in [1.29, 1.82) is 0 Å². The second-order valence-corrected chi connectivity index (χ2v) is 5.18. The lowest BCUT2D eigenvalue weighted by atomic mass is 9.75. The van der Waals surface area contributed by atoms with Gasteiger partial charge in [-0.15, -0.1) is 10.2 Å². The van der Waals surface area contributed by atoms with Crippen molar-refractivity contribution < 1.29 is 4.79 Å². The average molecular weight is 246 g/mol. The van der Waals surface area contributed by atoms with Crippen molar-refractivity contribution >= 4 is 5.91 Å². The van der Waals surface area contributed by atoms with Gasteiger partial charge in [-0.2, -0.15) is 0 Å². The van der Waals surface area contributed by atoms with E-state index in [9.17, 15) is 4.79 Å². The number of hydrogen-bond donors (Lipinski definition) is 1. The Morgan fingerprint density at radius 1 is 1.33 bits per heavy atom. The standard InChI is InChI=1S/C13H18N4O/c1-2-11(18)14-13(7-5-8-13)12-16-15-10-6-3-4-9-17(10)12/h2H,1,3-9H2,(H,14,18). The van der Waals surface area contributed by atoms with Crippen molar-refractivity contribution in [3.8, 4) is 0 Å². The Morgan fingerprint density at radius 3 is 2.83 bits per heavy atom. The Hall–Kier alpha value is -1.65. The summed E-state index contributed by atoms with van der Waals surface area (Å²) in [5.74, 6) is 1.89. The zero-order valence-electron chi connectivity index (χ0n) is 10.5. The van der Waals surface area contributed by atoms with E-state index in [1.54, 1.807) is 0 Å². The van der Waals surface area contributed by atoms with Gasteiger partial charge in [0.25, 0.3) is 0 Å². The van der Waals surface area contributed by atoms with Gasteiger partial charge in [0.1, 0.15) is 11.4 Å². The predicted molar refractivity (Wildman–Crippen MR) is 66.8 cm³/mol. The Morgan fingerprint density at radius 2 is 2.17 bits per heavy atom. The van der Waals surface area contributed by atoms with Gasteiger partial charge in [0.2, 0.25) is 5.91 Å². The zero-order valence-corrected chi connectivity index (χ0v) is 10.5. The molecule has 0 aromatic carbocycles. The van der Waals surface area contributed by atoms with E-state index in [-0.39, 0.29) is 11.4 Å². The Bertz CT molecular complexity index is 487. The van der Waals surface area contributed by atoms with Crippen LogP contribution in [0.5, 0.6) is 0 Å². The maximum absolute atomic E-state index is 11.6. The predicted octanol–water partition coefficient (Wildman–Crippen LogP) is 1.30. The normalized spacial score (nSPS) is 20.7.